The normalized spacial score (nSPS) is 16.5. The maximum Gasteiger partial charge on any atom is 0.225 e. The van der Waals surface area contributed by atoms with Crippen LogP contribution in [0.2, 0.25) is 5.02 Å². The van der Waals surface area contributed by atoms with Crippen LogP contribution in [0, 0.1) is 6.92 Å². The van der Waals surface area contributed by atoms with Gasteiger partial charge in [-0.2, -0.15) is 0 Å². The van der Waals surface area contributed by atoms with Gasteiger partial charge in [-0.15, -0.1) is 11.8 Å². The van der Waals surface area contributed by atoms with Crippen LogP contribution in [0.1, 0.15) is 25.3 Å². The maximum absolute atomic E-state index is 12.7. The zero-order valence-electron chi connectivity index (χ0n) is 16.0. The minimum absolute atomic E-state index is 0.0814. The van der Waals surface area contributed by atoms with Crippen LogP contribution in [0.5, 0.6) is 0 Å². The third kappa shape index (κ3) is 5.52. The molecule has 0 bridgehead atoms. The maximum atomic E-state index is 12.7. The highest BCUT2D eigenvalue weighted by atomic mass is 35.5. The molecular formula is C20H21ClN2O4S2. The van der Waals surface area contributed by atoms with E-state index in [-0.39, 0.29) is 28.2 Å². The van der Waals surface area contributed by atoms with Gasteiger partial charge in [-0.25, -0.2) is 8.42 Å². The number of hydrogen-bond acceptors (Lipinski definition) is 5. The van der Waals surface area contributed by atoms with Crippen LogP contribution in [-0.4, -0.2) is 31.2 Å². The molecule has 0 radical (unpaired) electrons. The number of amides is 2. The molecule has 1 heterocycles. The summed E-state index contributed by atoms with van der Waals surface area (Å²) in [5.74, 6) is -0.898. The highest BCUT2D eigenvalue weighted by Gasteiger charge is 2.23. The molecule has 3 rings (SSSR count). The molecule has 2 aromatic rings. The molecule has 29 heavy (non-hydrogen) atoms. The zero-order chi connectivity index (χ0) is 21.2. The standard InChI is InChI=1S/C20H21ClN2O4S2/c1-12-3-4-14(10-16(12)21)22-19(24)7-8-29(26,27)15-5-6-18-17(11-15)23-20(25)9-13(2)28-18/h3-6,10-11,13H,7-9H2,1-2H3,(H,22,24)(H,23,25)/t13-/m1/s1. The lowest BCUT2D eigenvalue weighted by Gasteiger charge is -2.11. The zero-order valence-corrected chi connectivity index (χ0v) is 18.4. The number of benzene rings is 2. The minimum atomic E-state index is -3.69. The van der Waals surface area contributed by atoms with Gasteiger partial charge in [-0.05, 0) is 42.8 Å². The van der Waals surface area contributed by atoms with E-state index in [0.717, 1.165) is 10.5 Å². The Labute approximate surface area is 179 Å². The van der Waals surface area contributed by atoms with E-state index in [1.54, 1.807) is 24.3 Å². The Morgan fingerprint density at radius 3 is 2.76 bits per heavy atom. The van der Waals surface area contributed by atoms with Gasteiger partial charge in [0.1, 0.15) is 0 Å². The number of halogens is 1. The Morgan fingerprint density at radius 2 is 2.03 bits per heavy atom. The van der Waals surface area contributed by atoms with Crippen molar-refractivity contribution in [3.8, 4) is 0 Å². The average molecular weight is 453 g/mol. The molecule has 1 aliphatic rings. The van der Waals surface area contributed by atoms with Gasteiger partial charge in [0.05, 0.1) is 16.3 Å². The third-order valence-corrected chi connectivity index (χ3v) is 7.74. The van der Waals surface area contributed by atoms with Crippen molar-refractivity contribution in [2.45, 2.75) is 41.7 Å². The third-order valence-electron chi connectivity index (χ3n) is 4.44. The van der Waals surface area contributed by atoms with Crippen molar-refractivity contribution in [2.24, 2.45) is 0 Å². The molecule has 6 nitrogen and oxygen atoms in total. The molecule has 2 amide bonds. The second-order valence-electron chi connectivity index (χ2n) is 6.92. The number of nitrogens with one attached hydrogen (secondary N) is 2. The first kappa shape index (κ1) is 21.7. The first-order valence-corrected chi connectivity index (χ1v) is 11.9. The van der Waals surface area contributed by atoms with Gasteiger partial charge < -0.3 is 10.6 Å². The lowest BCUT2D eigenvalue weighted by atomic mass is 10.2. The number of anilines is 2. The number of carbonyl (C=O) groups excluding carboxylic acids is 2. The molecule has 9 heteroatoms. The molecule has 0 saturated heterocycles. The van der Waals surface area contributed by atoms with Crippen molar-refractivity contribution < 1.29 is 18.0 Å². The van der Waals surface area contributed by atoms with Gasteiger partial charge in [0.2, 0.25) is 11.8 Å². The molecule has 0 fully saturated rings. The number of aryl methyl sites for hydroxylation is 1. The van der Waals surface area contributed by atoms with Crippen molar-refractivity contribution in [1.29, 1.82) is 0 Å². The number of sulfone groups is 1. The highest BCUT2D eigenvalue weighted by molar-refractivity contribution is 8.00. The van der Waals surface area contributed by atoms with Crippen molar-refractivity contribution in [3.63, 3.8) is 0 Å². The molecule has 0 unspecified atom stereocenters. The van der Waals surface area contributed by atoms with Crippen LogP contribution in [0.15, 0.2) is 46.2 Å². The summed E-state index contributed by atoms with van der Waals surface area (Å²) >= 11 is 7.56. The number of fused-ring (bicyclic) bond motifs is 1. The summed E-state index contributed by atoms with van der Waals surface area (Å²) in [4.78, 5) is 25.0. The predicted molar refractivity (Wildman–Crippen MR) is 116 cm³/mol. The van der Waals surface area contributed by atoms with Crippen molar-refractivity contribution in [2.75, 3.05) is 16.4 Å². The Bertz CT molecular complexity index is 1070. The topological polar surface area (TPSA) is 92.3 Å². The van der Waals surface area contributed by atoms with E-state index in [1.807, 2.05) is 13.8 Å². The molecule has 0 aliphatic carbocycles. The fourth-order valence-corrected chi connectivity index (χ4v) is 5.36. The first-order valence-electron chi connectivity index (χ1n) is 9.03. The van der Waals surface area contributed by atoms with Gasteiger partial charge in [-0.3, -0.25) is 9.59 Å². The van der Waals surface area contributed by atoms with Gasteiger partial charge in [0, 0.05) is 33.7 Å². The molecule has 154 valence electrons. The van der Waals surface area contributed by atoms with E-state index in [9.17, 15) is 18.0 Å². The fraction of sp³-hybridized carbons (Fsp3) is 0.300. The van der Waals surface area contributed by atoms with Crippen LogP contribution in [-0.2, 0) is 19.4 Å². The van der Waals surface area contributed by atoms with Crippen molar-refractivity contribution >= 4 is 56.4 Å². The molecule has 0 aromatic heterocycles. The molecule has 2 aromatic carbocycles. The fourth-order valence-electron chi connectivity index (χ4n) is 2.86. The predicted octanol–water partition coefficient (Wildman–Crippen LogP) is 4.27. The molecule has 1 aliphatic heterocycles. The SMILES string of the molecule is Cc1ccc(NC(=O)CCS(=O)(=O)c2ccc3c(c2)NC(=O)C[C@@H](C)S3)cc1Cl. The summed E-state index contributed by atoms with van der Waals surface area (Å²) in [6.45, 7) is 3.80. The second-order valence-corrected chi connectivity index (χ2v) is 10.9. The second kappa shape index (κ2) is 8.77. The monoisotopic (exact) mass is 452 g/mol. The molecule has 2 N–H and O–H groups in total. The number of carbonyl (C=O) groups is 2. The van der Waals surface area contributed by atoms with Crippen LogP contribution in [0.3, 0.4) is 0 Å². The van der Waals surface area contributed by atoms with E-state index < -0.39 is 15.7 Å². The van der Waals surface area contributed by atoms with Gasteiger partial charge in [0.15, 0.2) is 9.84 Å². The van der Waals surface area contributed by atoms with Crippen molar-refractivity contribution in [3.05, 3.63) is 47.0 Å². The number of thioether (sulfide) groups is 1. The van der Waals surface area contributed by atoms with Crippen LogP contribution < -0.4 is 10.6 Å². The van der Waals surface area contributed by atoms with E-state index in [2.05, 4.69) is 10.6 Å². The lowest BCUT2D eigenvalue weighted by molar-refractivity contribution is -0.116. The summed E-state index contributed by atoms with van der Waals surface area (Å²) in [6.07, 6.45) is 0.174. The summed E-state index contributed by atoms with van der Waals surface area (Å²) in [5, 5.41) is 6.04. The summed E-state index contributed by atoms with van der Waals surface area (Å²) in [5.41, 5.74) is 1.89. The van der Waals surface area contributed by atoms with Crippen molar-refractivity contribution in [1.82, 2.24) is 0 Å². The quantitative estimate of drug-likeness (QED) is 0.706. The van der Waals surface area contributed by atoms with E-state index in [0.29, 0.717) is 22.8 Å². The lowest BCUT2D eigenvalue weighted by Crippen LogP contribution is -2.18. The largest absolute Gasteiger partial charge is 0.326 e. The van der Waals surface area contributed by atoms with Crippen LogP contribution in [0.25, 0.3) is 0 Å². The number of rotatable bonds is 5. The van der Waals surface area contributed by atoms with E-state index >= 15 is 0 Å². The average Bonchev–Trinajstić information content (AvgIpc) is 2.78. The molecule has 0 spiro atoms. The minimum Gasteiger partial charge on any atom is -0.326 e. The first-order chi connectivity index (χ1) is 13.6. The molecule has 1 atom stereocenters. The van der Waals surface area contributed by atoms with Crippen LogP contribution >= 0.6 is 23.4 Å². The Kier molecular flexibility index (Phi) is 6.55. The number of hydrogen-bond donors (Lipinski definition) is 2. The van der Waals surface area contributed by atoms with Gasteiger partial charge >= 0.3 is 0 Å². The summed E-state index contributed by atoms with van der Waals surface area (Å²) < 4.78 is 25.4. The van der Waals surface area contributed by atoms with Gasteiger partial charge in [0.25, 0.3) is 0 Å². The Morgan fingerprint density at radius 1 is 1.28 bits per heavy atom. The van der Waals surface area contributed by atoms with Gasteiger partial charge in [-0.1, -0.05) is 24.6 Å². The molecular weight excluding hydrogens is 432 g/mol. The Hall–Kier alpha value is -2.03. The summed E-state index contributed by atoms with van der Waals surface area (Å²) in [7, 11) is -3.69. The highest BCUT2D eigenvalue weighted by Crippen LogP contribution is 2.36. The Balaban J connectivity index is 1.68. The van der Waals surface area contributed by atoms with E-state index in [4.69, 9.17) is 11.6 Å². The van der Waals surface area contributed by atoms with Crippen LogP contribution in [0.4, 0.5) is 11.4 Å². The van der Waals surface area contributed by atoms with E-state index in [1.165, 1.54) is 23.9 Å². The smallest absolute Gasteiger partial charge is 0.225 e. The molecule has 0 saturated carbocycles. The summed E-state index contributed by atoms with van der Waals surface area (Å²) in [6, 6.07) is 9.79.